The van der Waals surface area contributed by atoms with E-state index in [1.165, 1.54) is 5.01 Å². The molecule has 1 aromatic rings. The van der Waals surface area contributed by atoms with Crippen molar-refractivity contribution in [1.29, 1.82) is 0 Å². The predicted molar refractivity (Wildman–Crippen MR) is 91.8 cm³/mol. The summed E-state index contributed by atoms with van der Waals surface area (Å²) >= 11 is 11.7. The van der Waals surface area contributed by atoms with Crippen LogP contribution in [0.3, 0.4) is 0 Å². The summed E-state index contributed by atoms with van der Waals surface area (Å²) in [7, 11) is 0. The molecule has 1 atom stereocenters. The van der Waals surface area contributed by atoms with E-state index in [1.54, 1.807) is 45.0 Å². The molecule has 1 aromatic carbocycles. The summed E-state index contributed by atoms with van der Waals surface area (Å²) in [5.41, 5.74) is -0.132. The molecule has 0 radical (unpaired) electrons. The molecule has 1 unspecified atom stereocenters. The molecule has 124 valence electrons. The van der Waals surface area contributed by atoms with Crippen molar-refractivity contribution in [2.24, 2.45) is 15.8 Å². The summed E-state index contributed by atoms with van der Waals surface area (Å²) in [5.74, 6) is 6.20. The molecular weight excluding hydrogens is 341 g/mol. The second-order valence-electron chi connectivity index (χ2n) is 5.76. The number of hydrogen-bond donors (Lipinski definition) is 2. The summed E-state index contributed by atoms with van der Waals surface area (Å²) in [6.07, 6.45) is -0.531. The van der Waals surface area contributed by atoms with E-state index in [0.29, 0.717) is 17.1 Å². The molecule has 0 bridgehead atoms. The van der Waals surface area contributed by atoms with Gasteiger partial charge in [-0.2, -0.15) is 4.99 Å². The first-order valence-corrected chi connectivity index (χ1v) is 7.57. The normalized spacial score (nSPS) is 18.2. The summed E-state index contributed by atoms with van der Waals surface area (Å²) in [5, 5.41) is 3.86. The van der Waals surface area contributed by atoms with E-state index >= 15 is 0 Å². The number of nitrogens with one attached hydrogen (secondary N) is 1. The first kappa shape index (κ1) is 17.5. The summed E-state index contributed by atoms with van der Waals surface area (Å²) in [6.45, 7) is 5.38. The average Bonchev–Trinajstić information content (AvgIpc) is 2.41. The Hall–Kier alpha value is -1.83. The fourth-order valence-electron chi connectivity index (χ4n) is 1.76. The highest BCUT2D eigenvalue weighted by Crippen LogP contribution is 2.18. The third-order valence-electron chi connectivity index (χ3n) is 2.67. The molecule has 0 aliphatic carbocycles. The van der Waals surface area contributed by atoms with E-state index in [1.807, 2.05) is 0 Å². The molecule has 1 aliphatic rings. The van der Waals surface area contributed by atoms with Gasteiger partial charge in [0.25, 0.3) is 0 Å². The van der Waals surface area contributed by atoms with Crippen LogP contribution < -0.4 is 11.2 Å². The van der Waals surface area contributed by atoms with E-state index in [9.17, 15) is 4.79 Å². The Kier molecular flexibility index (Phi) is 5.13. The highest BCUT2D eigenvalue weighted by Gasteiger charge is 2.23. The monoisotopic (exact) mass is 357 g/mol. The average molecular weight is 358 g/mol. The van der Waals surface area contributed by atoms with Crippen molar-refractivity contribution >= 4 is 46.1 Å². The van der Waals surface area contributed by atoms with Gasteiger partial charge in [-0.3, -0.25) is 10.3 Å². The minimum absolute atomic E-state index is 0.0256. The quantitative estimate of drug-likeness (QED) is 0.483. The van der Waals surface area contributed by atoms with E-state index in [4.69, 9.17) is 33.8 Å². The maximum absolute atomic E-state index is 11.7. The SMILES string of the molecule is CC(C)(C)OC(=O)Nc1ccc(C2=NC(Cl)=NC(Cl)N2N)cc1. The number of hydrogen-bond acceptors (Lipinski definition) is 6. The zero-order valence-electron chi connectivity index (χ0n) is 12.9. The lowest BCUT2D eigenvalue weighted by Gasteiger charge is -2.26. The van der Waals surface area contributed by atoms with Crippen molar-refractivity contribution in [2.45, 2.75) is 32.0 Å². The highest BCUT2D eigenvalue weighted by atomic mass is 35.5. The van der Waals surface area contributed by atoms with E-state index < -0.39 is 17.3 Å². The molecule has 1 heterocycles. The van der Waals surface area contributed by atoms with Gasteiger partial charge in [-0.15, -0.1) is 0 Å². The molecule has 0 spiro atoms. The topological polar surface area (TPSA) is 92.3 Å². The van der Waals surface area contributed by atoms with Crippen molar-refractivity contribution in [3.05, 3.63) is 29.8 Å². The van der Waals surface area contributed by atoms with Crippen molar-refractivity contribution in [3.8, 4) is 0 Å². The lowest BCUT2D eigenvalue weighted by Crippen LogP contribution is -2.45. The zero-order chi connectivity index (χ0) is 17.2. The Morgan fingerprint density at radius 2 is 1.96 bits per heavy atom. The van der Waals surface area contributed by atoms with E-state index in [-0.39, 0.29) is 5.29 Å². The van der Waals surface area contributed by atoms with Gasteiger partial charge in [0.15, 0.2) is 5.84 Å². The van der Waals surface area contributed by atoms with Crippen molar-refractivity contribution in [1.82, 2.24) is 5.01 Å². The van der Waals surface area contributed by atoms with Gasteiger partial charge in [-0.05, 0) is 56.6 Å². The van der Waals surface area contributed by atoms with Crippen LogP contribution in [0.1, 0.15) is 26.3 Å². The van der Waals surface area contributed by atoms with Gasteiger partial charge in [-0.1, -0.05) is 11.6 Å². The van der Waals surface area contributed by atoms with Gasteiger partial charge >= 0.3 is 6.09 Å². The van der Waals surface area contributed by atoms with Crippen LogP contribution in [0.5, 0.6) is 0 Å². The molecule has 1 aliphatic heterocycles. The van der Waals surface area contributed by atoms with Crippen molar-refractivity contribution in [3.63, 3.8) is 0 Å². The largest absolute Gasteiger partial charge is 0.444 e. The third-order valence-corrected chi connectivity index (χ3v) is 3.16. The van der Waals surface area contributed by atoms with Gasteiger partial charge < -0.3 is 4.74 Å². The van der Waals surface area contributed by atoms with Crippen LogP contribution in [-0.4, -0.2) is 33.5 Å². The number of rotatable bonds is 2. The number of anilines is 1. The van der Waals surface area contributed by atoms with Crippen LogP contribution in [-0.2, 0) is 4.74 Å². The minimum Gasteiger partial charge on any atom is -0.444 e. The molecule has 0 fully saturated rings. The number of aliphatic imine (C=N–C) groups is 2. The Morgan fingerprint density at radius 3 is 2.52 bits per heavy atom. The fraction of sp³-hybridized carbons (Fsp3) is 0.357. The zero-order valence-corrected chi connectivity index (χ0v) is 14.4. The first-order chi connectivity index (χ1) is 10.7. The maximum Gasteiger partial charge on any atom is 0.412 e. The van der Waals surface area contributed by atoms with E-state index in [0.717, 1.165) is 0 Å². The standard InChI is InChI=1S/C14H17Cl2N5O2/c1-14(2,3)23-13(22)18-9-6-4-8(5-7-9)10-19-11(15)20-12(16)21(10)17/h4-7,12H,17H2,1-3H3,(H,18,22). The summed E-state index contributed by atoms with van der Waals surface area (Å²) in [6, 6.07) is 6.84. The predicted octanol–water partition coefficient (Wildman–Crippen LogP) is 3.09. The number of ether oxygens (including phenoxy) is 1. The molecular formula is C14H17Cl2N5O2. The molecule has 1 amide bonds. The molecule has 2 rings (SSSR count). The second-order valence-corrected chi connectivity index (χ2v) is 6.48. The third kappa shape index (κ3) is 4.82. The Bertz CT molecular complexity index is 652. The molecule has 9 heteroatoms. The van der Waals surface area contributed by atoms with Crippen LogP contribution in [0.25, 0.3) is 0 Å². The Morgan fingerprint density at radius 1 is 1.35 bits per heavy atom. The van der Waals surface area contributed by atoms with Crippen molar-refractivity contribution in [2.75, 3.05) is 5.32 Å². The summed E-state index contributed by atoms with van der Waals surface area (Å²) in [4.78, 5) is 19.6. The smallest absolute Gasteiger partial charge is 0.412 e. The Balaban J connectivity index is 2.11. The van der Waals surface area contributed by atoms with Gasteiger partial charge in [0.1, 0.15) is 5.60 Å². The van der Waals surface area contributed by atoms with Gasteiger partial charge in [0.05, 0.1) is 0 Å². The number of nitrogens with zero attached hydrogens (tertiary/aromatic N) is 3. The van der Waals surface area contributed by atoms with Gasteiger partial charge in [0.2, 0.25) is 10.9 Å². The van der Waals surface area contributed by atoms with Gasteiger partial charge in [-0.25, -0.2) is 15.6 Å². The number of amides is 1. The highest BCUT2D eigenvalue weighted by molar-refractivity contribution is 6.66. The van der Waals surface area contributed by atoms with Crippen molar-refractivity contribution < 1.29 is 9.53 Å². The molecule has 0 saturated heterocycles. The number of nitrogens with two attached hydrogens (primary N) is 1. The molecule has 7 nitrogen and oxygen atoms in total. The fourth-order valence-corrected chi connectivity index (χ4v) is 2.17. The van der Waals surface area contributed by atoms with Crippen LogP contribution in [0.2, 0.25) is 0 Å². The summed E-state index contributed by atoms with van der Waals surface area (Å²) < 4.78 is 5.18. The number of alkyl halides is 1. The van der Waals surface area contributed by atoms with Crippen LogP contribution in [0.4, 0.5) is 10.5 Å². The van der Waals surface area contributed by atoms with Crippen LogP contribution >= 0.6 is 23.2 Å². The van der Waals surface area contributed by atoms with Gasteiger partial charge in [0, 0.05) is 11.3 Å². The number of benzene rings is 1. The maximum atomic E-state index is 11.7. The molecule has 0 saturated carbocycles. The number of carbonyl (C=O) groups excluding carboxylic acids is 1. The molecule has 3 N–H and O–H groups in total. The van der Waals surface area contributed by atoms with Crippen LogP contribution in [0, 0.1) is 0 Å². The minimum atomic E-state index is -0.824. The number of amidine groups is 2. The first-order valence-electron chi connectivity index (χ1n) is 6.76. The lowest BCUT2D eigenvalue weighted by molar-refractivity contribution is 0.0636. The number of hydrazine groups is 1. The molecule has 0 aromatic heterocycles. The number of carbonyl (C=O) groups is 1. The Labute approximate surface area is 144 Å². The molecule has 23 heavy (non-hydrogen) atoms. The lowest BCUT2D eigenvalue weighted by atomic mass is 10.2. The number of halogens is 2. The van der Waals surface area contributed by atoms with E-state index in [2.05, 4.69) is 15.3 Å². The van der Waals surface area contributed by atoms with Crippen LogP contribution in [0.15, 0.2) is 34.3 Å². The second kappa shape index (κ2) is 6.74.